The monoisotopic (exact) mass is 464 g/mol. The molecule has 3 aliphatic rings. The normalized spacial score (nSPS) is 18.5. The van der Waals surface area contributed by atoms with Crippen molar-refractivity contribution in [1.29, 1.82) is 0 Å². The van der Waals surface area contributed by atoms with Crippen molar-refractivity contribution in [3.8, 4) is 12.3 Å². The Kier molecular flexibility index (Phi) is 5.66. The van der Waals surface area contributed by atoms with E-state index in [1.807, 2.05) is 24.3 Å². The van der Waals surface area contributed by atoms with Crippen molar-refractivity contribution >= 4 is 11.9 Å². The highest BCUT2D eigenvalue weighted by Gasteiger charge is 2.41. The second-order valence-corrected chi connectivity index (χ2v) is 8.65. The number of hydrogen-bond donors (Lipinski definition) is 0. The minimum absolute atomic E-state index is 0.131. The number of fused-ring (bicyclic) bond motifs is 2. The molecule has 174 valence electrons. The molecule has 1 amide bonds. The van der Waals surface area contributed by atoms with Gasteiger partial charge in [-0.3, -0.25) is 19.6 Å². The Morgan fingerprint density at radius 2 is 1.82 bits per heavy atom. The molecule has 5 nitrogen and oxygen atoms in total. The maximum atomic E-state index is 13.6. The number of aliphatic imine (C=N–C) groups is 1. The fraction of sp³-hybridized carbons (Fsp3) is 0.308. The third-order valence-electron chi connectivity index (χ3n) is 6.41. The summed E-state index contributed by atoms with van der Waals surface area (Å²) >= 11 is 0. The number of guanidine groups is 1. The van der Waals surface area contributed by atoms with Crippen LogP contribution in [0.3, 0.4) is 0 Å². The lowest BCUT2D eigenvalue weighted by Gasteiger charge is -2.42. The van der Waals surface area contributed by atoms with Crippen LogP contribution in [0.1, 0.15) is 28.7 Å². The molecule has 0 saturated carbocycles. The predicted octanol–water partition coefficient (Wildman–Crippen LogP) is 3.86. The molecule has 5 rings (SSSR count). The molecule has 0 fully saturated rings. The van der Waals surface area contributed by atoms with Crippen LogP contribution < -0.4 is 0 Å². The lowest BCUT2D eigenvalue weighted by molar-refractivity contribution is -0.137. The highest BCUT2D eigenvalue weighted by atomic mass is 19.4. The molecule has 8 heteroatoms. The van der Waals surface area contributed by atoms with Crippen LogP contribution in [0.25, 0.3) is 0 Å². The summed E-state index contributed by atoms with van der Waals surface area (Å²) in [6.07, 6.45) is 1.87. The molecule has 34 heavy (non-hydrogen) atoms. The molecule has 2 aromatic carbocycles. The first-order chi connectivity index (χ1) is 16.3. The number of nitrogens with zero attached hydrogens (tertiary/aromatic N) is 4. The fourth-order valence-electron chi connectivity index (χ4n) is 4.75. The summed E-state index contributed by atoms with van der Waals surface area (Å²) in [5.41, 5.74) is 3.57. The average Bonchev–Trinajstić information content (AvgIpc) is 3.31. The number of amides is 1. The largest absolute Gasteiger partial charge is 0.416 e. The van der Waals surface area contributed by atoms with E-state index in [-0.39, 0.29) is 12.5 Å². The Bertz CT molecular complexity index is 1220. The summed E-state index contributed by atoms with van der Waals surface area (Å²) in [6.45, 7) is 3.46. The van der Waals surface area contributed by atoms with Crippen molar-refractivity contribution in [1.82, 2.24) is 14.7 Å². The molecule has 2 aromatic rings. The van der Waals surface area contributed by atoms with Crippen molar-refractivity contribution in [2.45, 2.75) is 25.7 Å². The summed E-state index contributed by atoms with van der Waals surface area (Å²) < 4.78 is 38.8. The SMILES string of the molecule is C#Cc1cccc(CN2CCC3=C(C2)C(=O)N(Cc2ccc(C(F)(F)F)cc2)C2=NCCN23)c1. The van der Waals surface area contributed by atoms with Crippen LogP contribution in [0.15, 0.2) is 64.8 Å². The third-order valence-corrected chi connectivity index (χ3v) is 6.41. The summed E-state index contributed by atoms with van der Waals surface area (Å²) in [6, 6.07) is 12.8. The van der Waals surface area contributed by atoms with E-state index < -0.39 is 11.7 Å². The van der Waals surface area contributed by atoms with E-state index in [9.17, 15) is 18.0 Å². The van der Waals surface area contributed by atoms with E-state index >= 15 is 0 Å². The van der Waals surface area contributed by atoms with Gasteiger partial charge < -0.3 is 4.90 Å². The average molecular weight is 464 g/mol. The Hall–Kier alpha value is -3.57. The van der Waals surface area contributed by atoms with Gasteiger partial charge in [0.1, 0.15) is 0 Å². The van der Waals surface area contributed by atoms with Gasteiger partial charge in [-0.1, -0.05) is 30.2 Å². The predicted molar refractivity (Wildman–Crippen MR) is 122 cm³/mol. The Balaban J connectivity index is 1.37. The number of hydrogen-bond acceptors (Lipinski definition) is 4. The molecule has 0 unspecified atom stereocenters. The number of halogens is 3. The summed E-state index contributed by atoms with van der Waals surface area (Å²) in [5.74, 6) is 3.12. The van der Waals surface area contributed by atoms with E-state index in [1.165, 1.54) is 12.1 Å². The van der Waals surface area contributed by atoms with Gasteiger partial charge in [0.25, 0.3) is 5.91 Å². The van der Waals surface area contributed by atoms with Gasteiger partial charge in [-0.15, -0.1) is 6.42 Å². The number of terminal acetylenes is 1. The van der Waals surface area contributed by atoms with Gasteiger partial charge >= 0.3 is 6.18 Å². The minimum Gasteiger partial charge on any atom is -0.314 e. The van der Waals surface area contributed by atoms with Crippen LogP contribution in [0.5, 0.6) is 0 Å². The van der Waals surface area contributed by atoms with Gasteiger partial charge in [-0.25, -0.2) is 0 Å². The number of alkyl halides is 3. The number of rotatable bonds is 4. The van der Waals surface area contributed by atoms with Gasteiger partial charge in [0.15, 0.2) is 0 Å². The highest BCUT2D eigenvalue weighted by molar-refractivity contribution is 6.09. The van der Waals surface area contributed by atoms with Crippen molar-refractivity contribution in [3.63, 3.8) is 0 Å². The number of benzene rings is 2. The van der Waals surface area contributed by atoms with E-state index in [2.05, 4.69) is 20.7 Å². The van der Waals surface area contributed by atoms with Crippen LogP contribution in [-0.4, -0.2) is 52.7 Å². The molecular formula is C26H23F3N4O. The van der Waals surface area contributed by atoms with Crippen LogP contribution >= 0.6 is 0 Å². The molecule has 0 N–H and O–H groups in total. The van der Waals surface area contributed by atoms with Crippen LogP contribution in [-0.2, 0) is 24.1 Å². The third kappa shape index (κ3) is 4.19. The van der Waals surface area contributed by atoms with Crippen LogP contribution in [0.4, 0.5) is 13.2 Å². The van der Waals surface area contributed by atoms with Gasteiger partial charge in [-0.05, 0) is 35.4 Å². The van der Waals surface area contributed by atoms with Gasteiger partial charge in [0, 0.05) is 43.9 Å². The van der Waals surface area contributed by atoms with E-state index in [0.29, 0.717) is 37.7 Å². The lowest BCUT2D eigenvalue weighted by atomic mass is 9.99. The van der Waals surface area contributed by atoms with Crippen molar-refractivity contribution in [3.05, 3.63) is 82.1 Å². The maximum absolute atomic E-state index is 13.6. The molecule has 3 aliphatic heterocycles. The molecule has 0 spiro atoms. The zero-order valence-electron chi connectivity index (χ0n) is 18.5. The van der Waals surface area contributed by atoms with E-state index in [1.54, 1.807) is 4.90 Å². The molecule has 0 atom stereocenters. The summed E-state index contributed by atoms with van der Waals surface area (Å²) in [4.78, 5) is 24.0. The quantitative estimate of drug-likeness (QED) is 0.646. The summed E-state index contributed by atoms with van der Waals surface area (Å²) in [7, 11) is 0. The molecule has 3 heterocycles. The van der Waals surface area contributed by atoms with Gasteiger partial charge in [0.2, 0.25) is 5.96 Å². The number of carbonyl (C=O) groups is 1. The van der Waals surface area contributed by atoms with Gasteiger partial charge in [-0.2, -0.15) is 13.2 Å². The zero-order chi connectivity index (χ0) is 23.9. The number of carbonyl (C=O) groups excluding carboxylic acids is 1. The standard InChI is InChI=1S/C26H23F3N4O/c1-2-18-4-3-5-20(14-18)15-31-12-10-23-22(17-31)24(34)33(25-30-11-13-32(23)25)16-19-6-8-21(9-7-19)26(27,28)29/h1,3-9,14H,10-13,15-17H2. The van der Waals surface area contributed by atoms with Crippen molar-refractivity contribution in [2.24, 2.45) is 4.99 Å². The lowest BCUT2D eigenvalue weighted by Crippen LogP contribution is -2.53. The Labute approximate surface area is 196 Å². The van der Waals surface area contributed by atoms with Crippen molar-refractivity contribution in [2.75, 3.05) is 26.2 Å². The van der Waals surface area contributed by atoms with E-state index in [0.717, 1.165) is 47.5 Å². The second kappa shape index (κ2) is 8.65. The van der Waals surface area contributed by atoms with Crippen molar-refractivity contribution < 1.29 is 18.0 Å². The molecule has 0 bridgehead atoms. The van der Waals surface area contributed by atoms with E-state index in [4.69, 9.17) is 6.42 Å². The first-order valence-corrected chi connectivity index (χ1v) is 11.1. The Morgan fingerprint density at radius 1 is 1.03 bits per heavy atom. The smallest absolute Gasteiger partial charge is 0.314 e. The van der Waals surface area contributed by atoms with Crippen LogP contribution in [0.2, 0.25) is 0 Å². The first kappa shape index (κ1) is 22.2. The molecule has 0 saturated heterocycles. The molecule has 0 aliphatic carbocycles. The molecular weight excluding hydrogens is 441 g/mol. The maximum Gasteiger partial charge on any atom is 0.416 e. The minimum atomic E-state index is -4.39. The Morgan fingerprint density at radius 3 is 2.56 bits per heavy atom. The molecule has 0 radical (unpaired) electrons. The summed E-state index contributed by atoms with van der Waals surface area (Å²) in [5, 5.41) is 0. The first-order valence-electron chi connectivity index (χ1n) is 11.1. The second-order valence-electron chi connectivity index (χ2n) is 8.65. The van der Waals surface area contributed by atoms with Crippen LogP contribution in [0, 0.1) is 12.3 Å². The highest BCUT2D eigenvalue weighted by Crippen LogP contribution is 2.33. The fourth-order valence-corrected chi connectivity index (χ4v) is 4.75. The topological polar surface area (TPSA) is 39.2 Å². The zero-order valence-corrected chi connectivity index (χ0v) is 18.5. The molecule has 0 aromatic heterocycles. The van der Waals surface area contributed by atoms with Gasteiger partial charge in [0.05, 0.1) is 24.2 Å².